The molecule has 1 aromatic heterocycles. The summed E-state index contributed by atoms with van der Waals surface area (Å²) in [6, 6.07) is 23.5. The molecule has 40 heavy (non-hydrogen) atoms. The number of fused-ring (bicyclic) bond motifs is 6. The minimum atomic E-state index is -1.29. The van der Waals surface area contributed by atoms with Crippen molar-refractivity contribution in [3.63, 3.8) is 0 Å². The van der Waals surface area contributed by atoms with Crippen LogP contribution in [0.15, 0.2) is 90.3 Å². The van der Waals surface area contributed by atoms with Crippen LogP contribution < -0.4 is 10.2 Å². The standard InChI is InChI=1S/C34H28N2O3S/c1-19-10-13-22(14-11-19)31(37)30-29(32(38)27-9-6-16-40-27)34(24-7-4-5-8-25(24)35-33(34)39)28-18-21(3)23-17-20(2)12-15-26(23)36(28)30/h4-18,28-30H,1-3H3,(H,35,39)/t28-,29-,30-,34+/m0/s1. The number of allylic oxidation sites excluding steroid dienone is 1. The molecule has 0 bridgehead atoms. The van der Waals surface area contributed by atoms with Gasteiger partial charge in [0, 0.05) is 22.5 Å². The number of hydrogen-bond acceptors (Lipinski definition) is 5. The number of ketones is 2. The van der Waals surface area contributed by atoms with Crippen molar-refractivity contribution >= 4 is 45.8 Å². The molecule has 1 fully saturated rings. The molecule has 0 aliphatic carbocycles. The number of anilines is 2. The highest BCUT2D eigenvalue weighted by molar-refractivity contribution is 7.12. The van der Waals surface area contributed by atoms with Gasteiger partial charge in [-0.3, -0.25) is 14.4 Å². The van der Waals surface area contributed by atoms with Crippen molar-refractivity contribution in [2.24, 2.45) is 5.92 Å². The lowest BCUT2D eigenvalue weighted by Gasteiger charge is -2.39. The zero-order valence-electron chi connectivity index (χ0n) is 22.5. The highest BCUT2D eigenvalue weighted by Crippen LogP contribution is 2.59. The number of Topliss-reactive ketones (excluding diaryl/α,β-unsaturated/α-hetero) is 2. The lowest BCUT2D eigenvalue weighted by molar-refractivity contribution is -0.121. The van der Waals surface area contributed by atoms with Crippen molar-refractivity contribution in [2.75, 3.05) is 10.2 Å². The average Bonchev–Trinajstić information content (AvgIpc) is 3.66. The Morgan fingerprint density at radius 2 is 1.62 bits per heavy atom. The van der Waals surface area contributed by atoms with E-state index in [9.17, 15) is 14.4 Å². The summed E-state index contributed by atoms with van der Waals surface area (Å²) in [6.07, 6.45) is 2.10. The zero-order valence-corrected chi connectivity index (χ0v) is 23.3. The summed E-state index contributed by atoms with van der Waals surface area (Å²) in [5.41, 5.74) is 5.78. The van der Waals surface area contributed by atoms with Gasteiger partial charge in [0.05, 0.1) is 16.8 Å². The molecule has 7 rings (SSSR count). The minimum absolute atomic E-state index is 0.159. The van der Waals surface area contributed by atoms with Crippen LogP contribution in [0.4, 0.5) is 11.4 Å². The Labute approximate surface area is 237 Å². The van der Waals surface area contributed by atoms with Crippen LogP contribution >= 0.6 is 11.3 Å². The van der Waals surface area contributed by atoms with Crippen molar-refractivity contribution in [2.45, 2.75) is 38.3 Å². The fraction of sp³-hybridized carbons (Fsp3) is 0.206. The van der Waals surface area contributed by atoms with E-state index < -0.39 is 23.4 Å². The topological polar surface area (TPSA) is 66.5 Å². The third-order valence-corrected chi connectivity index (χ3v) is 9.67. The number of thiophene rings is 1. The van der Waals surface area contributed by atoms with E-state index in [1.54, 1.807) is 6.07 Å². The molecule has 1 spiro atoms. The Morgan fingerprint density at radius 3 is 2.38 bits per heavy atom. The van der Waals surface area contributed by atoms with Gasteiger partial charge in [0.1, 0.15) is 11.5 Å². The van der Waals surface area contributed by atoms with Crippen LogP contribution in [0, 0.1) is 19.8 Å². The fourth-order valence-corrected chi connectivity index (χ4v) is 7.71. The Bertz CT molecular complexity index is 1740. The van der Waals surface area contributed by atoms with Crippen LogP contribution in [0.3, 0.4) is 0 Å². The molecule has 4 heterocycles. The van der Waals surface area contributed by atoms with E-state index in [2.05, 4.69) is 22.4 Å². The Kier molecular flexibility index (Phi) is 5.48. The molecular weight excluding hydrogens is 516 g/mol. The van der Waals surface area contributed by atoms with Crippen LogP contribution in [0.5, 0.6) is 0 Å². The molecule has 0 saturated carbocycles. The van der Waals surface area contributed by atoms with E-state index in [1.165, 1.54) is 11.3 Å². The van der Waals surface area contributed by atoms with Gasteiger partial charge < -0.3 is 10.2 Å². The first-order valence-electron chi connectivity index (χ1n) is 13.5. The first kappa shape index (κ1) is 24.7. The minimum Gasteiger partial charge on any atom is -0.352 e. The third-order valence-electron chi connectivity index (χ3n) is 8.78. The Balaban J connectivity index is 1.56. The lowest BCUT2D eigenvalue weighted by Crippen LogP contribution is -2.51. The molecule has 0 radical (unpaired) electrons. The molecule has 1 saturated heterocycles. The maximum absolute atomic E-state index is 14.7. The summed E-state index contributed by atoms with van der Waals surface area (Å²) < 4.78 is 0. The van der Waals surface area contributed by atoms with E-state index in [-0.39, 0.29) is 17.5 Å². The van der Waals surface area contributed by atoms with Crippen molar-refractivity contribution < 1.29 is 14.4 Å². The first-order valence-corrected chi connectivity index (χ1v) is 14.4. The first-order chi connectivity index (χ1) is 19.3. The second-order valence-electron chi connectivity index (χ2n) is 11.1. The van der Waals surface area contributed by atoms with E-state index in [4.69, 9.17) is 0 Å². The second kappa shape index (κ2) is 8.86. The van der Waals surface area contributed by atoms with Gasteiger partial charge in [0.25, 0.3) is 0 Å². The Hall–Kier alpha value is -4.29. The number of aryl methyl sites for hydroxylation is 2. The molecule has 4 aromatic rings. The van der Waals surface area contributed by atoms with Crippen LogP contribution in [0.2, 0.25) is 0 Å². The van der Waals surface area contributed by atoms with Crippen molar-refractivity contribution in [1.29, 1.82) is 0 Å². The highest BCUT2D eigenvalue weighted by Gasteiger charge is 2.70. The molecule has 1 N–H and O–H groups in total. The van der Waals surface area contributed by atoms with Crippen molar-refractivity contribution in [3.8, 4) is 0 Å². The predicted octanol–water partition coefficient (Wildman–Crippen LogP) is 6.61. The molecular formula is C34H28N2O3S. The molecule has 6 heteroatoms. The molecule has 0 unspecified atom stereocenters. The summed E-state index contributed by atoms with van der Waals surface area (Å²) in [4.78, 5) is 46.3. The maximum atomic E-state index is 14.7. The molecule has 5 nitrogen and oxygen atoms in total. The summed E-state index contributed by atoms with van der Waals surface area (Å²) in [7, 11) is 0. The largest absolute Gasteiger partial charge is 0.352 e. The van der Waals surface area contributed by atoms with Gasteiger partial charge in [-0.05, 0) is 61.6 Å². The maximum Gasteiger partial charge on any atom is 0.238 e. The normalized spacial score (nSPS) is 24.3. The number of amides is 1. The number of carbonyl (C=O) groups excluding carboxylic acids is 3. The van der Waals surface area contributed by atoms with Gasteiger partial charge >= 0.3 is 0 Å². The zero-order chi connectivity index (χ0) is 27.8. The predicted molar refractivity (Wildman–Crippen MR) is 159 cm³/mol. The van der Waals surface area contributed by atoms with Crippen LogP contribution in [0.1, 0.15) is 49.2 Å². The van der Waals surface area contributed by atoms with Gasteiger partial charge in [0.2, 0.25) is 5.91 Å². The number of para-hydroxylation sites is 1. The number of carbonyl (C=O) groups is 3. The van der Waals surface area contributed by atoms with Gasteiger partial charge in [-0.25, -0.2) is 0 Å². The van der Waals surface area contributed by atoms with Gasteiger partial charge in [0.15, 0.2) is 11.6 Å². The summed E-state index contributed by atoms with van der Waals surface area (Å²) in [6.45, 7) is 6.08. The monoisotopic (exact) mass is 544 g/mol. The van der Waals surface area contributed by atoms with Crippen molar-refractivity contribution in [1.82, 2.24) is 0 Å². The molecule has 4 atom stereocenters. The van der Waals surface area contributed by atoms with E-state index in [1.807, 2.05) is 92.9 Å². The summed E-state index contributed by atoms with van der Waals surface area (Å²) in [5, 5.41) is 4.96. The second-order valence-corrected chi connectivity index (χ2v) is 12.0. The summed E-state index contributed by atoms with van der Waals surface area (Å²) in [5.74, 6) is -1.52. The number of nitrogens with one attached hydrogen (secondary N) is 1. The van der Waals surface area contributed by atoms with Gasteiger partial charge in [-0.1, -0.05) is 71.8 Å². The highest BCUT2D eigenvalue weighted by atomic mass is 32.1. The number of nitrogens with zero attached hydrogens (tertiary/aromatic N) is 1. The van der Waals surface area contributed by atoms with Gasteiger partial charge in [-0.15, -0.1) is 11.3 Å². The van der Waals surface area contributed by atoms with Crippen LogP contribution in [-0.2, 0) is 10.2 Å². The average molecular weight is 545 g/mol. The van der Waals surface area contributed by atoms with Crippen molar-refractivity contribution in [3.05, 3.63) is 123 Å². The van der Waals surface area contributed by atoms with Gasteiger partial charge in [-0.2, -0.15) is 0 Å². The SMILES string of the molecule is CC1=C[C@@H]2N(c3ccc(C)cc31)[C@H](C(=O)c1ccc(C)cc1)[C@@H](C(=O)c1cccs1)[C@]21C(=O)Nc2ccccc21. The smallest absolute Gasteiger partial charge is 0.238 e. The van der Waals surface area contributed by atoms with E-state index in [0.29, 0.717) is 16.1 Å². The molecule has 1 amide bonds. The number of rotatable bonds is 4. The summed E-state index contributed by atoms with van der Waals surface area (Å²) >= 11 is 1.35. The lowest BCUT2D eigenvalue weighted by atomic mass is 9.64. The van der Waals surface area contributed by atoms with Crippen LogP contribution in [-0.4, -0.2) is 29.6 Å². The van der Waals surface area contributed by atoms with E-state index in [0.717, 1.165) is 33.5 Å². The quantitative estimate of drug-likeness (QED) is 0.294. The van der Waals surface area contributed by atoms with Crippen LogP contribution in [0.25, 0.3) is 5.57 Å². The Morgan fingerprint density at radius 1 is 0.875 bits per heavy atom. The fourth-order valence-electron chi connectivity index (χ4n) is 7.01. The number of benzene rings is 3. The number of hydrogen-bond donors (Lipinski definition) is 1. The molecule has 3 aliphatic rings. The third kappa shape index (κ3) is 3.29. The molecule has 3 aliphatic heterocycles. The van der Waals surface area contributed by atoms with E-state index >= 15 is 0 Å². The molecule has 3 aromatic carbocycles. The molecule has 198 valence electrons.